The van der Waals surface area contributed by atoms with Gasteiger partial charge in [0.05, 0.1) is 19.4 Å². The molecule has 1 aliphatic rings. The molecular formula is C12H20N2O2. The van der Waals surface area contributed by atoms with Crippen LogP contribution in [0.3, 0.4) is 0 Å². The molecule has 0 unspecified atom stereocenters. The van der Waals surface area contributed by atoms with E-state index in [0.717, 1.165) is 45.0 Å². The zero-order valence-corrected chi connectivity index (χ0v) is 9.85. The van der Waals surface area contributed by atoms with Crippen LogP contribution in [-0.2, 0) is 6.54 Å². The second-order valence-electron chi connectivity index (χ2n) is 4.37. The Morgan fingerprint density at radius 1 is 1.25 bits per heavy atom. The lowest BCUT2D eigenvalue weighted by Crippen LogP contribution is -2.46. The van der Waals surface area contributed by atoms with Crippen molar-refractivity contribution in [1.29, 1.82) is 0 Å². The molecule has 0 saturated carbocycles. The molecule has 2 rings (SSSR count). The number of hydrogen-bond acceptors (Lipinski definition) is 4. The van der Waals surface area contributed by atoms with Gasteiger partial charge in [-0.3, -0.25) is 9.80 Å². The topological polar surface area (TPSA) is 39.9 Å². The van der Waals surface area contributed by atoms with Crippen LogP contribution in [0.25, 0.3) is 0 Å². The minimum Gasteiger partial charge on any atom is -0.468 e. The molecule has 1 aromatic rings. The van der Waals surface area contributed by atoms with E-state index in [1.54, 1.807) is 6.26 Å². The van der Waals surface area contributed by atoms with E-state index >= 15 is 0 Å². The fourth-order valence-corrected chi connectivity index (χ4v) is 2.08. The van der Waals surface area contributed by atoms with E-state index in [4.69, 9.17) is 9.52 Å². The Morgan fingerprint density at radius 2 is 1.94 bits per heavy atom. The van der Waals surface area contributed by atoms with Gasteiger partial charge >= 0.3 is 0 Å². The van der Waals surface area contributed by atoms with Crippen LogP contribution in [0.1, 0.15) is 11.3 Å². The first kappa shape index (κ1) is 11.6. The monoisotopic (exact) mass is 224 g/mol. The van der Waals surface area contributed by atoms with Gasteiger partial charge in [-0.1, -0.05) is 0 Å². The normalized spacial score (nSPS) is 19.1. The molecule has 0 radical (unpaired) electrons. The van der Waals surface area contributed by atoms with E-state index in [1.165, 1.54) is 5.56 Å². The van der Waals surface area contributed by atoms with Crippen molar-refractivity contribution in [3.8, 4) is 0 Å². The molecule has 90 valence electrons. The van der Waals surface area contributed by atoms with Gasteiger partial charge < -0.3 is 9.52 Å². The lowest BCUT2D eigenvalue weighted by atomic mass is 10.2. The quantitative estimate of drug-likeness (QED) is 0.817. The largest absolute Gasteiger partial charge is 0.468 e. The molecule has 2 heterocycles. The molecule has 0 atom stereocenters. The van der Waals surface area contributed by atoms with Crippen LogP contribution in [0.15, 0.2) is 16.7 Å². The highest BCUT2D eigenvalue weighted by molar-refractivity contribution is 5.14. The van der Waals surface area contributed by atoms with Gasteiger partial charge in [0.1, 0.15) is 5.76 Å². The molecule has 0 aliphatic carbocycles. The van der Waals surface area contributed by atoms with E-state index in [0.29, 0.717) is 0 Å². The van der Waals surface area contributed by atoms with Crippen LogP contribution in [0.2, 0.25) is 0 Å². The van der Waals surface area contributed by atoms with E-state index in [2.05, 4.69) is 16.7 Å². The molecule has 0 aromatic carbocycles. The van der Waals surface area contributed by atoms with Crippen LogP contribution >= 0.6 is 0 Å². The zero-order valence-electron chi connectivity index (χ0n) is 9.85. The van der Waals surface area contributed by atoms with Crippen LogP contribution < -0.4 is 0 Å². The average molecular weight is 224 g/mol. The number of aryl methyl sites for hydroxylation is 1. The molecule has 0 bridgehead atoms. The van der Waals surface area contributed by atoms with Crippen molar-refractivity contribution in [2.45, 2.75) is 13.5 Å². The van der Waals surface area contributed by atoms with Crippen LogP contribution in [-0.4, -0.2) is 54.2 Å². The van der Waals surface area contributed by atoms with Crippen molar-refractivity contribution in [2.75, 3.05) is 39.3 Å². The van der Waals surface area contributed by atoms with Gasteiger partial charge in [-0.25, -0.2) is 0 Å². The predicted octanol–water partition coefficient (Wildman–Crippen LogP) is 0.698. The highest BCUT2D eigenvalue weighted by Crippen LogP contribution is 2.13. The first-order valence-corrected chi connectivity index (χ1v) is 5.88. The summed E-state index contributed by atoms with van der Waals surface area (Å²) in [4.78, 5) is 4.70. The number of rotatable bonds is 4. The second-order valence-corrected chi connectivity index (χ2v) is 4.37. The van der Waals surface area contributed by atoms with Crippen molar-refractivity contribution in [1.82, 2.24) is 9.80 Å². The summed E-state index contributed by atoms with van der Waals surface area (Å²) in [6.45, 7) is 8.25. The van der Waals surface area contributed by atoms with E-state index in [-0.39, 0.29) is 6.61 Å². The van der Waals surface area contributed by atoms with Crippen molar-refractivity contribution in [3.05, 3.63) is 23.7 Å². The SMILES string of the molecule is Cc1ccoc1CN1CCN(CCO)CC1. The third-order valence-corrected chi connectivity index (χ3v) is 3.22. The molecule has 1 aromatic heterocycles. The smallest absolute Gasteiger partial charge is 0.120 e. The van der Waals surface area contributed by atoms with Gasteiger partial charge in [-0.2, -0.15) is 0 Å². The van der Waals surface area contributed by atoms with E-state index in [9.17, 15) is 0 Å². The van der Waals surface area contributed by atoms with Crippen molar-refractivity contribution in [2.24, 2.45) is 0 Å². The van der Waals surface area contributed by atoms with Gasteiger partial charge in [-0.05, 0) is 18.6 Å². The van der Waals surface area contributed by atoms with Crippen LogP contribution in [0.5, 0.6) is 0 Å². The molecule has 1 N–H and O–H groups in total. The minimum absolute atomic E-state index is 0.261. The lowest BCUT2D eigenvalue weighted by molar-refractivity contribution is 0.103. The maximum absolute atomic E-state index is 8.86. The van der Waals surface area contributed by atoms with Gasteiger partial charge in [0.15, 0.2) is 0 Å². The maximum Gasteiger partial charge on any atom is 0.120 e. The third kappa shape index (κ3) is 2.84. The Kier molecular flexibility index (Phi) is 3.98. The van der Waals surface area contributed by atoms with Gasteiger partial charge in [-0.15, -0.1) is 0 Å². The van der Waals surface area contributed by atoms with Crippen LogP contribution in [0.4, 0.5) is 0 Å². The molecule has 4 heteroatoms. The second kappa shape index (κ2) is 5.48. The zero-order chi connectivity index (χ0) is 11.4. The van der Waals surface area contributed by atoms with Crippen LogP contribution in [0, 0.1) is 6.92 Å². The summed E-state index contributed by atoms with van der Waals surface area (Å²) in [6.07, 6.45) is 1.76. The summed E-state index contributed by atoms with van der Waals surface area (Å²) in [5, 5.41) is 8.86. The number of aliphatic hydroxyl groups excluding tert-OH is 1. The first-order valence-electron chi connectivity index (χ1n) is 5.88. The standard InChI is InChI=1S/C12H20N2O2/c1-11-2-9-16-12(11)10-14-5-3-13(4-6-14)7-8-15/h2,9,15H,3-8,10H2,1H3. The number of β-amino-alcohol motifs (C(OH)–C–C–N with tert-alkyl or cyclic N) is 1. The van der Waals surface area contributed by atoms with E-state index < -0.39 is 0 Å². The highest BCUT2D eigenvalue weighted by Gasteiger charge is 2.17. The Balaban J connectivity index is 1.79. The van der Waals surface area contributed by atoms with Gasteiger partial charge in [0.2, 0.25) is 0 Å². The molecule has 1 fully saturated rings. The maximum atomic E-state index is 8.86. The Morgan fingerprint density at radius 3 is 2.50 bits per heavy atom. The molecular weight excluding hydrogens is 204 g/mol. The fraction of sp³-hybridized carbons (Fsp3) is 0.667. The van der Waals surface area contributed by atoms with Crippen molar-refractivity contribution < 1.29 is 9.52 Å². The Bertz CT molecular complexity index is 317. The number of nitrogens with zero attached hydrogens (tertiary/aromatic N) is 2. The predicted molar refractivity (Wildman–Crippen MR) is 62.2 cm³/mol. The molecule has 1 aliphatic heterocycles. The van der Waals surface area contributed by atoms with Gasteiger partial charge in [0.25, 0.3) is 0 Å². The number of hydrogen-bond donors (Lipinski definition) is 1. The Hall–Kier alpha value is -0.840. The summed E-state index contributed by atoms with van der Waals surface area (Å²) < 4.78 is 5.45. The van der Waals surface area contributed by atoms with Gasteiger partial charge in [0, 0.05) is 32.7 Å². The van der Waals surface area contributed by atoms with E-state index in [1.807, 2.05) is 6.07 Å². The average Bonchev–Trinajstić information content (AvgIpc) is 2.68. The molecule has 16 heavy (non-hydrogen) atoms. The summed E-state index contributed by atoms with van der Waals surface area (Å²) in [7, 11) is 0. The van der Waals surface area contributed by atoms with Crippen molar-refractivity contribution >= 4 is 0 Å². The molecule has 4 nitrogen and oxygen atoms in total. The lowest BCUT2D eigenvalue weighted by Gasteiger charge is -2.33. The fourth-order valence-electron chi connectivity index (χ4n) is 2.08. The molecule has 0 amide bonds. The molecule has 1 saturated heterocycles. The third-order valence-electron chi connectivity index (χ3n) is 3.22. The number of piperazine rings is 1. The number of furan rings is 1. The number of aliphatic hydroxyl groups is 1. The summed E-state index contributed by atoms with van der Waals surface area (Å²) in [6, 6.07) is 2.01. The van der Waals surface area contributed by atoms with Crippen molar-refractivity contribution in [3.63, 3.8) is 0 Å². The first-order chi connectivity index (χ1) is 7.79. The Labute approximate surface area is 96.5 Å². The summed E-state index contributed by atoms with van der Waals surface area (Å²) in [5.74, 6) is 1.08. The summed E-state index contributed by atoms with van der Waals surface area (Å²) >= 11 is 0. The summed E-state index contributed by atoms with van der Waals surface area (Å²) in [5.41, 5.74) is 1.23. The minimum atomic E-state index is 0.261. The molecule has 0 spiro atoms. The highest BCUT2D eigenvalue weighted by atomic mass is 16.3.